The van der Waals surface area contributed by atoms with Crippen LogP contribution in [0.15, 0.2) is 24.3 Å². The molecule has 0 aliphatic carbocycles. The Kier molecular flexibility index (Phi) is 4.10. The lowest BCUT2D eigenvalue weighted by Gasteiger charge is -2.32. The summed E-state index contributed by atoms with van der Waals surface area (Å²) >= 11 is 6.00. The Bertz CT molecular complexity index is 650. The largest absolute Gasteiger partial charge is 0.375 e. The van der Waals surface area contributed by atoms with E-state index in [-0.39, 0.29) is 23.7 Å². The first kappa shape index (κ1) is 16.3. The van der Waals surface area contributed by atoms with Gasteiger partial charge in [0.25, 0.3) is 5.91 Å². The molecular weight excluding hydrogens is 316 g/mol. The zero-order valence-corrected chi connectivity index (χ0v) is 13.9. The van der Waals surface area contributed by atoms with Crippen LogP contribution < -0.4 is 5.32 Å². The van der Waals surface area contributed by atoms with Crippen LogP contribution in [-0.2, 0) is 15.2 Å². The van der Waals surface area contributed by atoms with Gasteiger partial charge in [-0.3, -0.25) is 9.59 Å². The number of benzene rings is 1. The molecule has 0 aromatic heterocycles. The molecule has 1 aromatic rings. The topological polar surface area (TPSA) is 69.6 Å². The number of carbonyl (C=O) groups excluding carboxylic acids is 2. The van der Waals surface area contributed by atoms with E-state index in [2.05, 4.69) is 5.32 Å². The fourth-order valence-electron chi connectivity index (χ4n) is 3.63. The van der Waals surface area contributed by atoms with Gasteiger partial charge in [-0.1, -0.05) is 30.7 Å². The number of carbonyl (C=O) groups is 2. The average molecular weight is 337 g/mol. The van der Waals surface area contributed by atoms with E-state index in [4.69, 9.17) is 11.6 Å². The molecule has 0 radical (unpaired) electrons. The zero-order valence-electron chi connectivity index (χ0n) is 13.1. The molecule has 124 valence electrons. The molecule has 2 aliphatic heterocycles. The van der Waals surface area contributed by atoms with Crippen molar-refractivity contribution in [1.82, 2.24) is 10.2 Å². The molecule has 2 unspecified atom stereocenters. The predicted octanol–water partition coefficient (Wildman–Crippen LogP) is 1.68. The van der Waals surface area contributed by atoms with E-state index in [1.54, 1.807) is 36.1 Å². The van der Waals surface area contributed by atoms with Crippen molar-refractivity contribution in [3.8, 4) is 0 Å². The fourth-order valence-corrected chi connectivity index (χ4v) is 3.83. The normalized spacial score (nSPS) is 26.4. The van der Waals surface area contributed by atoms with E-state index in [0.29, 0.717) is 36.6 Å². The highest BCUT2D eigenvalue weighted by atomic mass is 35.5. The average Bonchev–Trinajstić information content (AvgIpc) is 3.12. The molecule has 2 N–H and O–H groups in total. The van der Waals surface area contributed by atoms with Crippen molar-refractivity contribution in [3.05, 3.63) is 34.9 Å². The third-order valence-electron chi connectivity index (χ3n) is 5.09. The second kappa shape index (κ2) is 5.80. The molecule has 2 saturated heterocycles. The summed E-state index contributed by atoms with van der Waals surface area (Å²) in [6.45, 7) is 3.47. The van der Waals surface area contributed by atoms with Crippen LogP contribution in [0.5, 0.6) is 0 Å². The van der Waals surface area contributed by atoms with Crippen LogP contribution in [0.4, 0.5) is 0 Å². The first-order chi connectivity index (χ1) is 10.9. The van der Waals surface area contributed by atoms with E-state index in [0.717, 1.165) is 6.42 Å². The smallest absolute Gasteiger partial charge is 0.259 e. The number of amides is 2. The Morgan fingerprint density at radius 2 is 2.30 bits per heavy atom. The van der Waals surface area contributed by atoms with Crippen molar-refractivity contribution in [2.24, 2.45) is 5.41 Å². The van der Waals surface area contributed by atoms with Crippen molar-refractivity contribution < 1.29 is 14.7 Å². The lowest BCUT2D eigenvalue weighted by Crippen LogP contribution is -2.46. The quantitative estimate of drug-likeness (QED) is 0.882. The Balaban J connectivity index is 1.82. The van der Waals surface area contributed by atoms with Gasteiger partial charge in [-0.2, -0.15) is 0 Å². The van der Waals surface area contributed by atoms with Crippen molar-refractivity contribution in [3.63, 3.8) is 0 Å². The standard InChI is InChI=1S/C17H21ClN2O3/c1-2-17(23,12-4-3-5-13(18)8-12)15(22)20-7-6-16(11-20)9-14(21)19-10-16/h3-5,8,23H,2,6-7,9-11H2,1H3,(H,19,21). The highest BCUT2D eigenvalue weighted by Gasteiger charge is 2.49. The van der Waals surface area contributed by atoms with Gasteiger partial charge in [0, 0.05) is 36.5 Å². The van der Waals surface area contributed by atoms with Gasteiger partial charge in [-0.15, -0.1) is 0 Å². The minimum Gasteiger partial charge on any atom is -0.375 e. The van der Waals surface area contributed by atoms with E-state index in [1.807, 2.05) is 0 Å². The minimum absolute atomic E-state index is 0.0416. The van der Waals surface area contributed by atoms with E-state index in [9.17, 15) is 14.7 Å². The maximum atomic E-state index is 13.0. The second-order valence-electron chi connectivity index (χ2n) is 6.65. The van der Waals surface area contributed by atoms with Crippen molar-refractivity contribution >= 4 is 23.4 Å². The summed E-state index contributed by atoms with van der Waals surface area (Å²) in [5.74, 6) is -0.265. The van der Waals surface area contributed by atoms with Gasteiger partial charge >= 0.3 is 0 Å². The van der Waals surface area contributed by atoms with Gasteiger partial charge in [0.2, 0.25) is 5.91 Å². The van der Waals surface area contributed by atoms with Gasteiger partial charge in [0.05, 0.1) is 0 Å². The molecule has 1 aromatic carbocycles. The summed E-state index contributed by atoms with van der Waals surface area (Å²) < 4.78 is 0. The number of hydrogen-bond donors (Lipinski definition) is 2. The molecule has 2 aliphatic rings. The first-order valence-electron chi connectivity index (χ1n) is 7.93. The third-order valence-corrected chi connectivity index (χ3v) is 5.32. The van der Waals surface area contributed by atoms with Crippen molar-refractivity contribution in [1.29, 1.82) is 0 Å². The number of hydrogen-bond acceptors (Lipinski definition) is 3. The van der Waals surface area contributed by atoms with Crippen LogP contribution >= 0.6 is 11.6 Å². The van der Waals surface area contributed by atoms with Crippen LogP contribution in [0.1, 0.15) is 31.7 Å². The highest BCUT2D eigenvalue weighted by molar-refractivity contribution is 6.30. The summed E-state index contributed by atoms with van der Waals surface area (Å²) in [6.07, 6.45) is 1.51. The summed E-state index contributed by atoms with van der Waals surface area (Å²) in [4.78, 5) is 26.2. The monoisotopic (exact) mass is 336 g/mol. The number of likely N-dealkylation sites (tertiary alicyclic amines) is 1. The zero-order chi connectivity index (χ0) is 16.7. The highest BCUT2D eigenvalue weighted by Crippen LogP contribution is 2.39. The fraction of sp³-hybridized carbons (Fsp3) is 0.529. The van der Waals surface area contributed by atoms with Crippen molar-refractivity contribution in [2.45, 2.75) is 31.8 Å². The maximum Gasteiger partial charge on any atom is 0.259 e. The lowest BCUT2D eigenvalue weighted by molar-refractivity contribution is -0.152. The molecule has 0 saturated carbocycles. The number of nitrogens with zero attached hydrogens (tertiary/aromatic N) is 1. The van der Waals surface area contributed by atoms with Crippen LogP contribution in [0, 0.1) is 5.41 Å². The Morgan fingerprint density at radius 1 is 1.52 bits per heavy atom. The SMILES string of the molecule is CCC(O)(C(=O)N1CCC2(CNC(=O)C2)C1)c1cccc(Cl)c1. The van der Waals surface area contributed by atoms with Gasteiger partial charge in [-0.05, 0) is 30.5 Å². The number of aliphatic hydroxyl groups is 1. The number of halogens is 1. The van der Waals surface area contributed by atoms with Crippen molar-refractivity contribution in [2.75, 3.05) is 19.6 Å². The summed E-state index contributed by atoms with van der Waals surface area (Å²) in [6, 6.07) is 6.80. The molecule has 3 rings (SSSR count). The molecule has 23 heavy (non-hydrogen) atoms. The lowest BCUT2D eigenvalue weighted by atomic mass is 9.86. The predicted molar refractivity (Wildman–Crippen MR) is 86.9 cm³/mol. The van der Waals surface area contributed by atoms with E-state index < -0.39 is 5.60 Å². The van der Waals surface area contributed by atoms with E-state index in [1.165, 1.54) is 0 Å². The Hall–Kier alpha value is -1.59. The third kappa shape index (κ3) is 2.83. The summed E-state index contributed by atoms with van der Waals surface area (Å²) in [5.41, 5.74) is -1.23. The van der Waals surface area contributed by atoms with Crippen LogP contribution in [0.2, 0.25) is 5.02 Å². The summed E-state index contributed by atoms with van der Waals surface area (Å²) in [7, 11) is 0. The van der Waals surface area contributed by atoms with Gasteiger partial charge in [0.15, 0.2) is 5.60 Å². The Labute approximate surface area is 140 Å². The second-order valence-corrected chi connectivity index (χ2v) is 7.09. The molecule has 1 spiro atoms. The Morgan fingerprint density at radius 3 is 2.91 bits per heavy atom. The van der Waals surface area contributed by atoms with Gasteiger partial charge in [0.1, 0.15) is 0 Å². The van der Waals surface area contributed by atoms with Crippen LogP contribution in [-0.4, -0.2) is 41.5 Å². The molecule has 0 bridgehead atoms. The number of nitrogens with one attached hydrogen (secondary N) is 1. The van der Waals surface area contributed by atoms with Crippen LogP contribution in [0.3, 0.4) is 0 Å². The van der Waals surface area contributed by atoms with E-state index >= 15 is 0 Å². The first-order valence-corrected chi connectivity index (χ1v) is 8.31. The molecule has 5 nitrogen and oxygen atoms in total. The van der Waals surface area contributed by atoms with Gasteiger partial charge in [-0.25, -0.2) is 0 Å². The minimum atomic E-state index is -1.58. The van der Waals surface area contributed by atoms with Crippen LogP contribution in [0.25, 0.3) is 0 Å². The molecule has 6 heteroatoms. The maximum absolute atomic E-state index is 13.0. The van der Waals surface area contributed by atoms with Gasteiger partial charge < -0.3 is 15.3 Å². The molecule has 2 atom stereocenters. The summed E-state index contributed by atoms with van der Waals surface area (Å²) in [5, 5.41) is 14.3. The molecule has 2 fully saturated rings. The number of rotatable bonds is 3. The molecule has 2 amide bonds. The molecule has 2 heterocycles. The molecular formula is C17H21ClN2O3.